The van der Waals surface area contributed by atoms with Crippen molar-refractivity contribution in [3.05, 3.63) is 35.2 Å². The zero-order valence-corrected chi connectivity index (χ0v) is 15.7. The van der Waals surface area contributed by atoms with Crippen molar-refractivity contribution in [3.8, 4) is 0 Å². The van der Waals surface area contributed by atoms with E-state index >= 15 is 0 Å². The highest BCUT2D eigenvalue weighted by Gasteiger charge is 2.36. The molecule has 2 aromatic rings. The van der Waals surface area contributed by atoms with E-state index < -0.39 is 0 Å². The van der Waals surface area contributed by atoms with Crippen molar-refractivity contribution in [2.75, 3.05) is 32.8 Å². The molecule has 2 aliphatic rings. The second-order valence-electron chi connectivity index (χ2n) is 7.25. The van der Waals surface area contributed by atoms with Gasteiger partial charge in [0.05, 0.1) is 48.2 Å². The van der Waals surface area contributed by atoms with E-state index in [0.717, 1.165) is 35.9 Å². The maximum Gasteiger partial charge on any atom is 0.233 e. The number of hydrogen-bond acceptors (Lipinski definition) is 5. The average Bonchev–Trinajstić information content (AvgIpc) is 3.16. The van der Waals surface area contributed by atoms with Crippen LogP contribution >= 0.6 is 0 Å². The van der Waals surface area contributed by atoms with Crippen LogP contribution in [0.3, 0.4) is 0 Å². The second-order valence-corrected chi connectivity index (χ2v) is 7.25. The first kappa shape index (κ1) is 17.2. The van der Waals surface area contributed by atoms with Crippen LogP contribution in [0, 0.1) is 6.92 Å². The molecule has 0 unspecified atom stereocenters. The van der Waals surface area contributed by atoms with Gasteiger partial charge in [0, 0.05) is 46.8 Å². The minimum absolute atomic E-state index is 0.182. The summed E-state index contributed by atoms with van der Waals surface area (Å²) in [4.78, 5) is 22.0. The molecule has 1 amide bonds. The molecule has 140 valence electrons. The molecule has 26 heavy (non-hydrogen) atoms. The molecule has 4 heterocycles. The van der Waals surface area contributed by atoms with E-state index in [2.05, 4.69) is 21.0 Å². The summed E-state index contributed by atoms with van der Waals surface area (Å²) in [6.07, 6.45) is 1.82. The fourth-order valence-corrected chi connectivity index (χ4v) is 4.04. The number of hydrogen-bond donors (Lipinski definition) is 0. The molecular formula is C18H26N6O2. The average molecular weight is 358 g/mol. The van der Waals surface area contributed by atoms with Gasteiger partial charge in [-0.05, 0) is 13.0 Å². The first-order valence-electron chi connectivity index (χ1n) is 9.11. The van der Waals surface area contributed by atoms with Crippen molar-refractivity contribution in [3.63, 3.8) is 0 Å². The summed E-state index contributed by atoms with van der Waals surface area (Å²) in [7, 11) is 3.94. The van der Waals surface area contributed by atoms with Crippen molar-refractivity contribution in [2.45, 2.75) is 25.9 Å². The largest absolute Gasteiger partial charge is 0.378 e. The Morgan fingerprint density at radius 3 is 2.77 bits per heavy atom. The third-order valence-electron chi connectivity index (χ3n) is 5.31. The fraction of sp³-hybridized carbons (Fsp3) is 0.611. The fourth-order valence-electron chi connectivity index (χ4n) is 4.04. The lowest BCUT2D eigenvalue weighted by Crippen LogP contribution is -2.47. The Kier molecular flexibility index (Phi) is 4.54. The zero-order chi connectivity index (χ0) is 18.3. The molecule has 0 spiro atoms. The number of carbonyl (C=O) groups is 1. The summed E-state index contributed by atoms with van der Waals surface area (Å²) in [6.45, 7) is 6.80. The Morgan fingerprint density at radius 2 is 2.08 bits per heavy atom. The Bertz CT molecular complexity index is 805. The van der Waals surface area contributed by atoms with E-state index in [1.807, 2.05) is 41.5 Å². The van der Waals surface area contributed by atoms with Crippen LogP contribution in [-0.4, -0.2) is 67.9 Å². The lowest BCUT2D eigenvalue weighted by Gasteiger charge is -2.36. The zero-order valence-electron chi connectivity index (χ0n) is 15.7. The van der Waals surface area contributed by atoms with Crippen LogP contribution in [0.15, 0.2) is 12.4 Å². The van der Waals surface area contributed by atoms with E-state index in [4.69, 9.17) is 4.74 Å². The van der Waals surface area contributed by atoms with Crippen LogP contribution in [0.25, 0.3) is 0 Å². The topological polar surface area (TPSA) is 68.4 Å². The molecule has 0 aliphatic carbocycles. The van der Waals surface area contributed by atoms with Crippen LogP contribution in [0.2, 0.25) is 0 Å². The maximum atomic E-state index is 13.2. The van der Waals surface area contributed by atoms with E-state index in [1.54, 1.807) is 0 Å². The van der Waals surface area contributed by atoms with Gasteiger partial charge in [-0.15, -0.1) is 0 Å². The number of nitrogens with zero attached hydrogens (tertiary/aromatic N) is 6. The first-order chi connectivity index (χ1) is 12.5. The molecule has 8 heteroatoms. The standard InChI is InChI=1S/C18H26N6O2/c1-13-8-14(22(3)20-13)9-23-10-15(17-16(11-23)19-12-21(17)2)18(25)24-4-6-26-7-5-24/h8,12,15H,4-7,9-11H2,1-3H3/t15-/m1/s1. The minimum atomic E-state index is -0.182. The van der Waals surface area contributed by atoms with Crippen LogP contribution in [0.5, 0.6) is 0 Å². The van der Waals surface area contributed by atoms with Crippen molar-refractivity contribution < 1.29 is 9.53 Å². The molecule has 1 fully saturated rings. The number of ether oxygens (including phenoxy) is 1. The number of carbonyl (C=O) groups excluding carboxylic acids is 1. The van der Waals surface area contributed by atoms with E-state index in [1.165, 1.54) is 0 Å². The molecular weight excluding hydrogens is 332 g/mol. The molecule has 0 saturated carbocycles. The highest BCUT2D eigenvalue weighted by atomic mass is 16.5. The highest BCUT2D eigenvalue weighted by Crippen LogP contribution is 2.30. The highest BCUT2D eigenvalue weighted by molar-refractivity contribution is 5.84. The van der Waals surface area contributed by atoms with Gasteiger partial charge in [0.15, 0.2) is 0 Å². The lowest BCUT2D eigenvalue weighted by atomic mass is 9.96. The van der Waals surface area contributed by atoms with E-state index in [0.29, 0.717) is 32.8 Å². The first-order valence-corrected chi connectivity index (χ1v) is 9.11. The molecule has 0 radical (unpaired) electrons. The van der Waals surface area contributed by atoms with Crippen LogP contribution < -0.4 is 0 Å². The van der Waals surface area contributed by atoms with Crippen LogP contribution in [-0.2, 0) is 36.7 Å². The third kappa shape index (κ3) is 3.14. The number of aryl methyl sites for hydroxylation is 3. The molecule has 1 atom stereocenters. The molecule has 0 N–H and O–H groups in total. The molecule has 2 aliphatic heterocycles. The monoisotopic (exact) mass is 358 g/mol. The van der Waals surface area contributed by atoms with E-state index in [-0.39, 0.29) is 11.8 Å². The molecule has 2 aromatic heterocycles. The number of aromatic nitrogens is 4. The van der Waals surface area contributed by atoms with Gasteiger partial charge in [0.2, 0.25) is 5.91 Å². The van der Waals surface area contributed by atoms with Crippen LogP contribution in [0.1, 0.15) is 28.7 Å². The van der Waals surface area contributed by atoms with Gasteiger partial charge >= 0.3 is 0 Å². The number of amides is 1. The summed E-state index contributed by atoms with van der Waals surface area (Å²) in [5.41, 5.74) is 4.22. The smallest absolute Gasteiger partial charge is 0.233 e. The summed E-state index contributed by atoms with van der Waals surface area (Å²) in [5, 5.41) is 4.43. The van der Waals surface area contributed by atoms with Gasteiger partial charge in [-0.3, -0.25) is 14.4 Å². The molecule has 0 aromatic carbocycles. The van der Waals surface area contributed by atoms with E-state index in [9.17, 15) is 4.79 Å². The molecule has 0 bridgehead atoms. The summed E-state index contributed by atoms with van der Waals surface area (Å²) in [5.74, 6) is 0.00251. The van der Waals surface area contributed by atoms with Crippen molar-refractivity contribution in [1.82, 2.24) is 29.1 Å². The second kappa shape index (κ2) is 6.85. The van der Waals surface area contributed by atoms with Gasteiger partial charge in [-0.1, -0.05) is 0 Å². The van der Waals surface area contributed by atoms with Gasteiger partial charge in [0.1, 0.15) is 0 Å². The quantitative estimate of drug-likeness (QED) is 0.795. The van der Waals surface area contributed by atoms with Gasteiger partial charge in [0.25, 0.3) is 0 Å². The van der Waals surface area contributed by atoms with Crippen molar-refractivity contribution in [2.24, 2.45) is 14.1 Å². The van der Waals surface area contributed by atoms with Gasteiger partial charge in [-0.25, -0.2) is 4.98 Å². The van der Waals surface area contributed by atoms with Crippen LogP contribution in [0.4, 0.5) is 0 Å². The Morgan fingerprint density at radius 1 is 1.31 bits per heavy atom. The molecule has 4 rings (SSSR count). The van der Waals surface area contributed by atoms with Crippen molar-refractivity contribution in [1.29, 1.82) is 0 Å². The Balaban J connectivity index is 1.59. The molecule has 1 saturated heterocycles. The Hall–Kier alpha value is -2.19. The number of fused-ring (bicyclic) bond motifs is 1. The summed E-state index contributed by atoms with van der Waals surface area (Å²) in [6, 6.07) is 2.10. The number of morpholine rings is 1. The third-order valence-corrected chi connectivity index (χ3v) is 5.31. The SMILES string of the molecule is Cc1cc(CN2Cc3ncn(C)c3[C@H](C(=O)N3CCOCC3)C2)n(C)n1. The normalized spacial score (nSPS) is 21.0. The van der Waals surface area contributed by atoms with Crippen molar-refractivity contribution >= 4 is 5.91 Å². The predicted molar refractivity (Wildman–Crippen MR) is 95.4 cm³/mol. The number of imidazole rings is 1. The minimum Gasteiger partial charge on any atom is -0.378 e. The lowest BCUT2D eigenvalue weighted by molar-refractivity contribution is -0.138. The summed E-state index contributed by atoms with van der Waals surface area (Å²) < 4.78 is 9.32. The summed E-state index contributed by atoms with van der Waals surface area (Å²) >= 11 is 0. The predicted octanol–water partition coefficient (Wildman–Crippen LogP) is 0.420. The number of rotatable bonds is 3. The van der Waals surface area contributed by atoms with Gasteiger partial charge in [-0.2, -0.15) is 5.10 Å². The molecule has 8 nitrogen and oxygen atoms in total. The maximum absolute atomic E-state index is 13.2. The Labute approximate surface area is 153 Å². The van der Waals surface area contributed by atoms with Gasteiger partial charge < -0.3 is 14.2 Å².